The van der Waals surface area contributed by atoms with Gasteiger partial charge in [0, 0.05) is 0 Å². The van der Waals surface area contributed by atoms with Crippen LogP contribution in [0, 0.1) is 0 Å². The maximum absolute atomic E-state index is 11.2. The summed E-state index contributed by atoms with van der Waals surface area (Å²) in [5, 5.41) is 10.2. The molecule has 0 aromatic heterocycles. The summed E-state index contributed by atoms with van der Waals surface area (Å²) in [7, 11) is 0. The molecule has 0 spiro atoms. The molecule has 0 aromatic carbocycles. The third-order valence-electron chi connectivity index (χ3n) is 3.84. The van der Waals surface area contributed by atoms with Crippen molar-refractivity contribution in [3.8, 4) is 0 Å². The second-order valence-electron chi connectivity index (χ2n) is 7.52. The van der Waals surface area contributed by atoms with Crippen LogP contribution in [0.5, 0.6) is 0 Å². The minimum atomic E-state index is -1.99. The average Bonchev–Trinajstić information content (AvgIpc) is 2.63. The van der Waals surface area contributed by atoms with E-state index < -0.39 is 30.6 Å². The van der Waals surface area contributed by atoms with Gasteiger partial charge in [-0.1, -0.05) is 0 Å². The van der Waals surface area contributed by atoms with Crippen LogP contribution in [0.1, 0.15) is 20.8 Å². The molecule has 1 heterocycles. The van der Waals surface area contributed by atoms with Crippen LogP contribution in [-0.4, -0.2) is 96.0 Å². The van der Waals surface area contributed by atoms with Crippen LogP contribution < -0.4 is 0 Å². The van der Waals surface area contributed by atoms with Gasteiger partial charge in [-0.15, -0.1) is 0 Å². The van der Waals surface area contributed by atoms with Crippen molar-refractivity contribution in [3.63, 3.8) is 0 Å². The van der Waals surface area contributed by atoms with Crippen molar-refractivity contribution in [1.29, 1.82) is 0 Å². The monoisotopic (exact) mass is 596 g/mol. The van der Waals surface area contributed by atoms with E-state index in [4.69, 9.17) is 31.1 Å². The topological polar surface area (TPSA) is 102 Å². The fraction of sp³-hybridized carbons (Fsp3) is 0.944. The van der Waals surface area contributed by atoms with Gasteiger partial charge in [-0.25, -0.2) is 0 Å². The molecule has 0 saturated carbocycles. The van der Waals surface area contributed by atoms with Crippen molar-refractivity contribution < 1.29 is 66.0 Å². The van der Waals surface area contributed by atoms with Crippen molar-refractivity contribution in [2.75, 3.05) is 79.3 Å². The van der Waals surface area contributed by atoms with Crippen molar-refractivity contribution in [2.45, 2.75) is 29.3 Å². The summed E-state index contributed by atoms with van der Waals surface area (Å²) in [5.41, 5.74) is -1.05. The second kappa shape index (κ2) is 15.0. The first kappa shape index (κ1) is 26.2. The fourth-order valence-corrected chi connectivity index (χ4v) is 6.25. The quantitative estimate of drug-likeness (QED) is 0.460. The molecule has 0 amide bonds. The summed E-state index contributed by atoms with van der Waals surface area (Å²) >= 11 is -1.99. The average molecular weight is 595 g/mol. The molecule has 1 aliphatic rings. The molecule has 162 valence electrons. The number of carbonyl (C=O) groups is 1. The molecular formula is C18H34HgO9. The van der Waals surface area contributed by atoms with Gasteiger partial charge in [-0.3, -0.25) is 0 Å². The van der Waals surface area contributed by atoms with Crippen molar-refractivity contribution in [1.82, 2.24) is 0 Å². The van der Waals surface area contributed by atoms with E-state index in [0.29, 0.717) is 66.1 Å². The number of hydrogen-bond acceptors (Lipinski definition) is 9. The van der Waals surface area contributed by atoms with E-state index in [9.17, 15) is 9.90 Å². The fourth-order valence-electron chi connectivity index (χ4n) is 2.34. The molecule has 10 heteroatoms. The zero-order chi connectivity index (χ0) is 20.7. The molecule has 0 aromatic rings. The van der Waals surface area contributed by atoms with E-state index in [1.54, 1.807) is 6.92 Å². The number of rotatable bonds is 2. The molecule has 1 rings (SSSR count). The van der Waals surface area contributed by atoms with Gasteiger partial charge >= 0.3 is 181 Å². The molecular weight excluding hydrogens is 561 g/mol. The molecule has 1 saturated heterocycles. The zero-order valence-electron chi connectivity index (χ0n) is 17.4. The van der Waals surface area contributed by atoms with Gasteiger partial charge in [0.2, 0.25) is 0 Å². The number of ether oxygens (including phenoxy) is 6. The predicted octanol–water partition coefficient (Wildman–Crippen LogP) is 0.590. The third-order valence-corrected chi connectivity index (χ3v) is 10.3. The first-order valence-electron chi connectivity index (χ1n) is 9.65. The summed E-state index contributed by atoms with van der Waals surface area (Å²) < 4.78 is 38.4. The van der Waals surface area contributed by atoms with Crippen LogP contribution in [0.15, 0.2) is 0 Å². The second-order valence-corrected chi connectivity index (χ2v) is 16.4. The molecule has 0 aliphatic carbocycles. The van der Waals surface area contributed by atoms with E-state index in [1.807, 2.05) is 6.92 Å². The Bertz CT molecular complexity index is 396. The summed E-state index contributed by atoms with van der Waals surface area (Å²) in [6.45, 7) is 9.80. The van der Waals surface area contributed by atoms with E-state index in [-0.39, 0.29) is 22.1 Å². The Labute approximate surface area is 180 Å². The third kappa shape index (κ3) is 14.2. The van der Waals surface area contributed by atoms with E-state index in [2.05, 4.69) is 0 Å². The molecule has 28 heavy (non-hydrogen) atoms. The summed E-state index contributed by atoms with van der Waals surface area (Å²) in [4.78, 5) is 11.2. The summed E-state index contributed by atoms with van der Waals surface area (Å²) in [5.74, 6) is -0.236. The molecule has 0 radical (unpaired) electrons. The van der Waals surface area contributed by atoms with E-state index in [1.165, 1.54) is 6.92 Å². The number of carbonyl (C=O) groups excluding carboxylic acids is 1. The van der Waals surface area contributed by atoms with Crippen LogP contribution in [0.3, 0.4) is 0 Å². The zero-order valence-corrected chi connectivity index (χ0v) is 22.9. The Morgan fingerprint density at radius 1 is 0.750 bits per heavy atom. The number of hydrogen-bond donors (Lipinski definition) is 1. The van der Waals surface area contributed by atoms with Gasteiger partial charge in [0.1, 0.15) is 0 Å². The van der Waals surface area contributed by atoms with Crippen LogP contribution >= 0.6 is 0 Å². The normalized spacial score (nSPS) is 30.7. The summed E-state index contributed by atoms with van der Waals surface area (Å²) in [6.07, 6.45) is 0. The standard InChI is InChI=1S/C16H31O7.C2H4O2.Hg/c1-15-11-20-7-3-18-5-9-22-13-16(2,17)14-23-10-6-19-4-8-21-12-15;1-2(3)4;/h17H,3-14H2,1-2H3;1H3,(H,3,4);/q;;+1/p-1. The predicted molar refractivity (Wildman–Crippen MR) is 95.7 cm³/mol. The van der Waals surface area contributed by atoms with Gasteiger partial charge in [-0.05, 0) is 0 Å². The molecule has 9 nitrogen and oxygen atoms in total. The number of aliphatic hydroxyl groups is 1. The Hall–Kier alpha value is 0.125. The van der Waals surface area contributed by atoms with E-state index >= 15 is 0 Å². The first-order valence-corrected chi connectivity index (χ1v) is 14.6. The molecule has 0 bridgehead atoms. The first-order chi connectivity index (χ1) is 13.3. The minimum absolute atomic E-state index is 0.170. The van der Waals surface area contributed by atoms with E-state index in [0.717, 1.165) is 0 Å². The van der Waals surface area contributed by atoms with Gasteiger partial charge < -0.3 is 0 Å². The van der Waals surface area contributed by atoms with Crippen molar-refractivity contribution in [3.05, 3.63) is 0 Å². The van der Waals surface area contributed by atoms with Crippen molar-refractivity contribution in [2.24, 2.45) is 0 Å². The molecule has 1 aliphatic heterocycles. The Balaban J connectivity index is 2.43. The Morgan fingerprint density at radius 3 is 1.50 bits per heavy atom. The molecule has 1 fully saturated rings. The van der Waals surface area contributed by atoms with Gasteiger partial charge in [0.05, 0.1) is 0 Å². The SMILES string of the molecule is CC(=O)[O][Hg][C]1(C)COCCOCCOCC(C)(O)COCCOCCOC1. The van der Waals surface area contributed by atoms with Gasteiger partial charge in [-0.2, -0.15) is 0 Å². The van der Waals surface area contributed by atoms with Crippen LogP contribution in [0.25, 0.3) is 0 Å². The molecule has 1 N–H and O–H groups in total. The Morgan fingerprint density at radius 2 is 1.11 bits per heavy atom. The molecule has 0 unspecified atom stereocenters. The van der Waals surface area contributed by atoms with Crippen LogP contribution in [0.2, 0.25) is 2.92 Å². The van der Waals surface area contributed by atoms with Crippen molar-refractivity contribution >= 4 is 5.97 Å². The van der Waals surface area contributed by atoms with Crippen LogP contribution in [0.4, 0.5) is 0 Å². The van der Waals surface area contributed by atoms with Gasteiger partial charge in [0.15, 0.2) is 0 Å². The molecule has 0 atom stereocenters. The van der Waals surface area contributed by atoms with Crippen LogP contribution in [-0.2, 0) is 60.9 Å². The summed E-state index contributed by atoms with van der Waals surface area (Å²) in [6, 6.07) is 0. The maximum atomic E-state index is 11.2. The Kier molecular flexibility index (Phi) is 14.0. The van der Waals surface area contributed by atoms with Gasteiger partial charge in [0.25, 0.3) is 0 Å².